The van der Waals surface area contributed by atoms with Crippen molar-refractivity contribution < 1.29 is 0 Å². The largest absolute Gasteiger partial charge is 0.375 e. The number of anilines is 1. The molecule has 0 aliphatic rings. The van der Waals surface area contributed by atoms with E-state index in [4.69, 9.17) is 5.73 Å². The number of hydrogen-bond donors (Lipinski definition) is 1. The van der Waals surface area contributed by atoms with Gasteiger partial charge in [0.2, 0.25) is 0 Å². The Morgan fingerprint density at radius 1 is 1.50 bits per heavy atom. The minimum absolute atomic E-state index is 0.375. The van der Waals surface area contributed by atoms with Crippen LogP contribution in [0.1, 0.15) is 19.9 Å². The Balaban J connectivity index is 2.33. The third kappa shape index (κ3) is 1.63. The summed E-state index contributed by atoms with van der Waals surface area (Å²) in [5.41, 5.74) is 7.49. The summed E-state index contributed by atoms with van der Waals surface area (Å²) in [6.45, 7) is 4.18. The summed E-state index contributed by atoms with van der Waals surface area (Å²) >= 11 is 1.45. The number of hydrogen-bond acceptors (Lipinski definition) is 4. The van der Waals surface area contributed by atoms with Crippen molar-refractivity contribution in [3.63, 3.8) is 0 Å². The number of nitrogen functional groups attached to an aromatic ring is 1. The highest BCUT2D eigenvalue weighted by molar-refractivity contribution is 7.13. The van der Waals surface area contributed by atoms with E-state index < -0.39 is 0 Å². The van der Waals surface area contributed by atoms with Gasteiger partial charge in [0.05, 0.1) is 11.9 Å². The van der Waals surface area contributed by atoms with Crippen LogP contribution in [0.2, 0.25) is 0 Å². The smallest absolute Gasteiger partial charge is 0.180 e. The molecule has 0 fully saturated rings. The summed E-state index contributed by atoms with van der Waals surface area (Å²) in [6, 6.07) is 0.375. The van der Waals surface area contributed by atoms with Crippen molar-refractivity contribution in [2.75, 3.05) is 5.73 Å². The first-order valence-corrected chi connectivity index (χ1v) is 5.30. The Morgan fingerprint density at radius 2 is 2.29 bits per heavy atom. The third-order valence-corrected chi connectivity index (χ3v) is 2.62. The molecule has 0 saturated heterocycles. The van der Waals surface area contributed by atoms with Crippen molar-refractivity contribution in [3.05, 3.63) is 17.8 Å². The van der Waals surface area contributed by atoms with Crippen LogP contribution in [0.25, 0.3) is 11.3 Å². The first kappa shape index (κ1) is 9.21. The Bertz CT molecular complexity index is 429. The number of nitrogens with zero attached hydrogens (tertiary/aromatic N) is 3. The summed E-state index contributed by atoms with van der Waals surface area (Å²) in [4.78, 5) is 4.20. The highest BCUT2D eigenvalue weighted by Gasteiger charge is 2.06. The molecule has 2 N–H and O–H groups in total. The zero-order valence-corrected chi connectivity index (χ0v) is 8.95. The number of nitrogens with two attached hydrogens (primary N) is 1. The van der Waals surface area contributed by atoms with Crippen LogP contribution in [0.3, 0.4) is 0 Å². The molecule has 74 valence electrons. The van der Waals surface area contributed by atoms with E-state index in [1.165, 1.54) is 11.3 Å². The fourth-order valence-electron chi connectivity index (χ4n) is 1.17. The van der Waals surface area contributed by atoms with Crippen molar-refractivity contribution >= 4 is 16.5 Å². The molecular weight excluding hydrogens is 196 g/mol. The SMILES string of the molecule is CC(C)n1cc(-c2csc(N)n2)cn1. The number of aromatic nitrogens is 3. The molecule has 5 heteroatoms. The predicted molar refractivity (Wildman–Crippen MR) is 58.1 cm³/mol. The van der Waals surface area contributed by atoms with Gasteiger partial charge in [0.25, 0.3) is 0 Å². The molecule has 0 aromatic carbocycles. The van der Waals surface area contributed by atoms with E-state index in [2.05, 4.69) is 23.9 Å². The molecule has 0 atom stereocenters. The highest BCUT2D eigenvalue weighted by atomic mass is 32.1. The first-order chi connectivity index (χ1) is 6.66. The van der Waals surface area contributed by atoms with Crippen molar-refractivity contribution in [3.8, 4) is 11.3 Å². The highest BCUT2D eigenvalue weighted by Crippen LogP contribution is 2.23. The van der Waals surface area contributed by atoms with Gasteiger partial charge in [0.15, 0.2) is 5.13 Å². The summed E-state index contributed by atoms with van der Waals surface area (Å²) in [5, 5.41) is 6.78. The van der Waals surface area contributed by atoms with Crippen molar-refractivity contribution in [1.29, 1.82) is 0 Å². The normalized spacial score (nSPS) is 11.1. The lowest BCUT2D eigenvalue weighted by Crippen LogP contribution is -1.99. The second-order valence-corrected chi connectivity index (χ2v) is 4.26. The van der Waals surface area contributed by atoms with E-state index in [9.17, 15) is 0 Å². The van der Waals surface area contributed by atoms with Gasteiger partial charge >= 0.3 is 0 Å². The molecule has 0 saturated carbocycles. The van der Waals surface area contributed by atoms with Gasteiger partial charge in [-0.05, 0) is 13.8 Å². The molecule has 4 nitrogen and oxygen atoms in total. The fourth-order valence-corrected chi connectivity index (χ4v) is 1.75. The Labute approximate surface area is 86.4 Å². The molecule has 0 spiro atoms. The quantitative estimate of drug-likeness (QED) is 0.822. The van der Waals surface area contributed by atoms with Crippen LogP contribution in [0, 0.1) is 0 Å². The maximum Gasteiger partial charge on any atom is 0.180 e. The average Bonchev–Trinajstić information content (AvgIpc) is 2.70. The molecule has 0 unspecified atom stereocenters. The van der Waals surface area contributed by atoms with Crippen LogP contribution in [-0.2, 0) is 0 Å². The number of rotatable bonds is 2. The van der Waals surface area contributed by atoms with E-state index in [1.807, 2.05) is 22.5 Å². The maximum atomic E-state index is 5.56. The van der Waals surface area contributed by atoms with Gasteiger partial charge in [0, 0.05) is 23.2 Å². The lowest BCUT2D eigenvalue weighted by Gasteiger charge is -2.02. The first-order valence-electron chi connectivity index (χ1n) is 4.42. The number of thiazole rings is 1. The van der Waals surface area contributed by atoms with Gasteiger partial charge in [0.1, 0.15) is 0 Å². The monoisotopic (exact) mass is 208 g/mol. The molecule has 2 aromatic heterocycles. The third-order valence-electron chi connectivity index (χ3n) is 1.95. The topological polar surface area (TPSA) is 56.7 Å². The molecule has 0 aliphatic carbocycles. The molecule has 0 amide bonds. The van der Waals surface area contributed by atoms with E-state index in [0.29, 0.717) is 11.2 Å². The van der Waals surface area contributed by atoms with Crippen molar-refractivity contribution in [1.82, 2.24) is 14.8 Å². The zero-order valence-electron chi connectivity index (χ0n) is 8.14. The summed E-state index contributed by atoms with van der Waals surface area (Å²) in [6.07, 6.45) is 3.80. The standard InChI is InChI=1S/C9H12N4S/c1-6(2)13-4-7(3-11-13)8-5-14-9(10)12-8/h3-6H,1-2H3,(H2,10,12). The summed E-state index contributed by atoms with van der Waals surface area (Å²) in [7, 11) is 0. The van der Waals surface area contributed by atoms with Crippen LogP contribution in [0.5, 0.6) is 0 Å². The molecule has 0 bridgehead atoms. The van der Waals surface area contributed by atoms with E-state index >= 15 is 0 Å². The van der Waals surface area contributed by atoms with Gasteiger partial charge in [-0.3, -0.25) is 4.68 Å². The lowest BCUT2D eigenvalue weighted by atomic mass is 10.3. The second-order valence-electron chi connectivity index (χ2n) is 3.37. The van der Waals surface area contributed by atoms with Crippen LogP contribution >= 0.6 is 11.3 Å². The van der Waals surface area contributed by atoms with E-state index in [0.717, 1.165) is 11.3 Å². The van der Waals surface area contributed by atoms with Crippen molar-refractivity contribution in [2.45, 2.75) is 19.9 Å². The summed E-state index contributed by atoms with van der Waals surface area (Å²) < 4.78 is 1.91. The molecular formula is C9H12N4S. The van der Waals surface area contributed by atoms with Gasteiger partial charge < -0.3 is 5.73 Å². The molecule has 14 heavy (non-hydrogen) atoms. The minimum Gasteiger partial charge on any atom is -0.375 e. The van der Waals surface area contributed by atoms with Gasteiger partial charge in [-0.2, -0.15) is 5.10 Å². The van der Waals surface area contributed by atoms with Crippen LogP contribution in [0.15, 0.2) is 17.8 Å². The maximum absolute atomic E-state index is 5.56. The van der Waals surface area contributed by atoms with E-state index in [1.54, 1.807) is 0 Å². The average molecular weight is 208 g/mol. The Morgan fingerprint density at radius 3 is 2.79 bits per heavy atom. The Hall–Kier alpha value is -1.36. The fraction of sp³-hybridized carbons (Fsp3) is 0.333. The second kappa shape index (κ2) is 3.42. The van der Waals surface area contributed by atoms with Gasteiger partial charge in [-0.25, -0.2) is 4.98 Å². The minimum atomic E-state index is 0.375. The zero-order chi connectivity index (χ0) is 10.1. The predicted octanol–water partition coefficient (Wildman–Crippen LogP) is 2.17. The van der Waals surface area contributed by atoms with Crippen molar-refractivity contribution in [2.24, 2.45) is 0 Å². The Kier molecular flexibility index (Phi) is 2.25. The molecule has 2 rings (SSSR count). The summed E-state index contributed by atoms with van der Waals surface area (Å²) in [5.74, 6) is 0. The molecule has 2 heterocycles. The van der Waals surface area contributed by atoms with Crippen LogP contribution in [-0.4, -0.2) is 14.8 Å². The van der Waals surface area contributed by atoms with Crippen LogP contribution in [0.4, 0.5) is 5.13 Å². The molecule has 0 aliphatic heterocycles. The lowest BCUT2D eigenvalue weighted by molar-refractivity contribution is 0.532. The molecule has 2 aromatic rings. The van der Waals surface area contributed by atoms with Gasteiger partial charge in [-0.1, -0.05) is 0 Å². The van der Waals surface area contributed by atoms with Gasteiger partial charge in [-0.15, -0.1) is 11.3 Å². The van der Waals surface area contributed by atoms with E-state index in [-0.39, 0.29) is 0 Å². The molecule has 0 radical (unpaired) electrons. The van der Waals surface area contributed by atoms with Crippen LogP contribution < -0.4 is 5.73 Å².